The van der Waals surface area contributed by atoms with E-state index in [0.717, 1.165) is 43.7 Å². The second kappa shape index (κ2) is 8.46. The van der Waals surface area contributed by atoms with Gasteiger partial charge in [0.25, 0.3) is 5.91 Å². The Morgan fingerprint density at radius 1 is 1.62 bits per heavy atom. The van der Waals surface area contributed by atoms with Crippen LogP contribution in [0.1, 0.15) is 59.8 Å². The molecule has 1 saturated heterocycles. The number of carbonyl (C=O) groups excluding carboxylic acids is 1. The molecule has 0 aliphatic carbocycles. The van der Waals surface area contributed by atoms with Crippen LogP contribution in [0.25, 0.3) is 0 Å². The zero-order valence-electron chi connectivity index (χ0n) is 12.5. The van der Waals surface area contributed by atoms with E-state index in [1.807, 2.05) is 0 Å². The molecule has 1 aliphatic heterocycles. The van der Waals surface area contributed by atoms with Crippen molar-refractivity contribution in [1.29, 1.82) is 0 Å². The van der Waals surface area contributed by atoms with Crippen molar-refractivity contribution in [2.24, 2.45) is 5.92 Å². The SMILES string of the molecule is CCCC(CCO)CNC(=O)c1cnc(C2CCCO2)s1. The molecule has 118 valence electrons. The maximum Gasteiger partial charge on any atom is 0.263 e. The molecule has 2 rings (SSSR count). The summed E-state index contributed by atoms with van der Waals surface area (Å²) >= 11 is 1.42. The van der Waals surface area contributed by atoms with E-state index in [9.17, 15) is 4.79 Å². The summed E-state index contributed by atoms with van der Waals surface area (Å²) in [7, 11) is 0. The largest absolute Gasteiger partial charge is 0.396 e. The van der Waals surface area contributed by atoms with Crippen molar-refractivity contribution in [2.45, 2.75) is 45.1 Å². The topological polar surface area (TPSA) is 71.5 Å². The highest BCUT2D eigenvalue weighted by molar-refractivity contribution is 7.13. The van der Waals surface area contributed by atoms with Crippen molar-refractivity contribution in [3.8, 4) is 0 Å². The van der Waals surface area contributed by atoms with Crippen LogP contribution in [-0.4, -0.2) is 35.8 Å². The molecule has 0 saturated carbocycles. The van der Waals surface area contributed by atoms with Gasteiger partial charge in [0.1, 0.15) is 16.0 Å². The zero-order chi connectivity index (χ0) is 15.1. The summed E-state index contributed by atoms with van der Waals surface area (Å²) in [5.41, 5.74) is 0. The molecule has 21 heavy (non-hydrogen) atoms. The van der Waals surface area contributed by atoms with E-state index >= 15 is 0 Å². The minimum absolute atomic E-state index is 0.0683. The first-order valence-electron chi connectivity index (χ1n) is 7.71. The zero-order valence-corrected chi connectivity index (χ0v) is 13.3. The van der Waals surface area contributed by atoms with Crippen LogP contribution in [0.5, 0.6) is 0 Å². The van der Waals surface area contributed by atoms with Crippen LogP contribution in [0.2, 0.25) is 0 Å². The van der Waals surface area contributed by atoms with Crippen LogP contribution in [0.4, 0.5) is 0 Å². The van der Waals surface area contributed by atoms with E-state index in [0.29, 0.717) is 17.3 Å². The molecular weight excluding hydrogens is 288 g/mol. The van der Waals surface area contributed by atoms with Crippen LogP contribution < -0.4 is 5.32 Å². The highest BCUT2D eigenvalue weighted by Crippen LogP contribution is 2.31. The number of aliphatic hydroxyl groups is 1. The first kappa shape index (κ1) is 16.4. The molecule has 0 aromatic carbocycles. The van der Waals surface area contributed by atoms with Crippen molar-refractivity contribution >= 4 is 17.2 Å². The van der Waals surface area contributed by atoms with Gasteiger partial charge in [-0.1, -0.05) is 13.3 Å². The third-order valence-corrected chi connectivity index (χ3v) is 4.83. The molecule has 6 heteroatoms. The van der Waals surface area contributed by atoms with Gasteiger partial charge in [-0.15, -0.1) is 11.3 Å². The van der Waals surface area contributed by atoms with Crippen LogP contribution >= 0.6 is 11.3 Å². The Kier molecular flexibility index (Phi) is 6.60. The number of carbonyl (C=O) groups is 1. The van der Waals surface area contributed by atoms with Gasteiger partial charge in [0, 0.05) is 19.8 Å². The predicted octanol–water partition coefficient (Wildman–Crippen LogP) is 2.52. The molecule has 0 radical (unpaired) electrons. The maximum absolute atomic E-state index is 12.1. The number of thiazole rings is 1. The fourth-order valence-electron chi connectivity index (χ4n) is 2.58. The van der Waals surface area contributed by atoms with Crippen LogP contribution in [0.3, 0.4) is 0 Å². The van der Waals surface area contributed by atoms with E-state index in [2.05, 4.69) is 17.2 Å². The number of aromatic nitrogens is 1. The molecule has 0 bridgehead atoms. The number of ether oxygens (including phenoxy) is 1. The first-order valence-corrected chi connectivity index (χ1v) is 8.52. The van der Waals surface area contributed by atoms with E-state index in [1.54, 1.807) is 6.20 Å². The Hall–Kier alpha value is -0.980. The third kappa shape index (κ3) is 4.76. The Morgan fingerprint density at radius 3 is 3.14 bits per heavy atom. The van der Waals surface area contributed by atoms with Gasteiger partial charge in [0.15, 0.2) is 0 Å². The van der Waals surface area contributed by atoms with Crippen molar-refractivity contribution in [2.75, 3.05) is 19.8 Å². The van der Waals surface area contributed by atoms with Crippen LogP contribution in [0, 0.1) is 5.92 Å². The predicted molar refractivity (Wildman–Crippen MR) is 82.5 cm³/mol. The molecule has 1 fully saturated rings. The molecule has 2 N–H and O–H groups in total. The fraction of sp³-hybridized carbons (Fsp3) is 0.733. The number of amides is 1. The molecule has 2 atom stereocenters. The smallest absolute Gasteiger partial charge is 0.263 e. The average molecular weight is 312 g/mol. The normalized spacial score (nSPS) is 19.6. The summed E-state index contributed by atoms with van der Waals surface area (Å²) in [6, 6.07) is 0. The molecule has 5 nitrogen and oxygen atoms in total. The summed E-state index contributed by atoms with van der Waals surface area (Å²) in [4.78, 5) is 17.1. The number of hydrogen-bond donors (Lipinski definition) is 2. The monoisotopic (exact) mass is 312 g/mol. The third-order valence-electron chi connectivity index (χ3n) is 3.74. The summed E-state index contributed by atoms with van der Waals surface area (Å²) < 4.78 is 5.58. The van der Waals surface area contributed by atoms with E-state index in [1.165, 1.54) is 11.3 Å². The number of rotatable bonds is 8. The minimum atomic E-state index is -0.0733. The fourth-order valence-corrected chi connectivity index (χ4v) is 3.50. The van der Waals surface area contributed by atoms with Gasteiger partial charge in [-0.05, 0) is 31.6 Å². The van der Waals surface area contributed by atoms with Gasteiger partial charge in [-0.25, -0.2) is 4.98 Å². The molecule has 1 amide bonds. The second-order valence-corrected chi connectivity index (χ2v) is 6.50. The lowest BCUT2D eigenvalue weighted by Gasteiger charge is -2.15. The minimum Gasteiger partial charge on any atom is -0.396 e. The average Bonchev–Trinajstić information content (AvgIpc) is 3.15. The standard InChI is InChI=1S/C15H24N2O3S/c1-2-4-11(6-7-18)9-16-14(19)13-10-17-15(21-13)12-5-3-8-20-12/h10-12,18H,2-9H2,1H3,(H,16,19). The van der Waals surface area contributed by atoms with Crippen molar-refractivity contribution < 1.29 is 14.6 Å². The van der Waals surface area contributed by atoms with Gasteiger partial charge >= 0.3 is 0 Å². The van der Waals surface area contributed by atoms with E-state index in [4.69, 9.17) is 9.84 Å². The summed E-state index contributed by atoms with van der Waals surface area (Å²) in [5, 5.41) is 12.9. The highest BCUT2D eigenvalue weighted by atomic mass is 32.1. The quantitative estimate of drug-likeness (QED) is 0.774. The Morgan fingerprint density at radius 2 is 2.48 bits per heavy atom. The molecule has 1 aromatic rings. The van der Waals surface area contributed by atoms with Crippen molar-refractivity contribution in [3.63, 3.8) is 0 Å². The molecular formula is C15H24N2O3S. The van der Waals surface area contributed by atoms with Gasteiger partial charge in [0.2, 0.25) is 0 Å². The van der Waals surface area contributed by atoms with Gasteiger partial charge in [0.05, 0.1) is 6.20 Å². The lowest BCUT2D eigenvalue weighted by Crippen LogP contribution is -2.29. The van der Waals surface area contributed by atoms with Gasteiger partial charge in [-0.3, -0.25) is 4.79 Å². The number of nitrogens with one attached hydrogen (secondary N) is 1. The summed E-state index contributed by atoms with van der Waals surface area (Å²) in [6.45, 7) is 3.68. The summed E-state index contributed by atoms with van der Waals surface area (Å²) in [6.07, 6.45) is 6.57. The molecule has 1 aromatic heterocycles. The molecule has 2 unspecified atom stereocenters. The lowest BCUT2D eigenvalue weighted by atomic mass is 10.0. The maximum atomic E-state index is 12.1. The van der Waals surface area contributed by atoms with Gasteiger partial charge < -0.3 is 15.2 Å². The number of aliphatic hydroxyl groups excluding tert-OH is 1. The van der Waals surface area contributed by atoms with Gasteiger partial charge in [-0.2, -0.15) is 0 Å². The van der Waals surface area contributed by atoms with Crippen LogP contribution in [0.15, 0.2) is 6.20 Å². The molecule has 1 aliphatic rings. The Labute approximate surface area is 129 Å². The number of nitrogens with zero attached hydrogens (tertiary/aromatic N) is 1. The van der Waals surface area contributed by atoms with E-state index in [-0.39, 0.29) is 18.6 Å². The van der Waals surface area contributed by atoms with Crippen LogP contribution in [-0.2, 0) is 4.74 Å². The lowest BCUT2D eigenvalue weighted by molar-refractivity contribution is 0.0946. The molecule has 2 heterocycles. The number of hydrogen-bond acceptors (Lipinski definition) is 5. The van der Waals surface area contributed by atoms with Crippen molar-refractivity contribution in [3.05, 3.63) is 16.1 Å². The highest BCUT2D eigenvalue weighted by Gasteiger charge is 2.22. The summed E-state index contributed by atoms with van der Waals surface area (Å²) in [5.74, 6) is 0.269. The van der Waals surface area contributed by atoms with E-state index < -0.39 is 0 Å². The Balaban J connectivity index is 1.84. The molecule has 0 spiro atoms. The Bertz CT molecular complexity index is 438. The first-order chi connectivity index (χ1) is 10.2. The second-order valence-electron chi connectivity index (χ2n) is 5.44. The van der Waals surface area contributed by atoms with Crippen molar-refractivity contribution in [1.82, 2.24) is 10.3 Å².